The van der Waals surface area contributed by atoms with Crippen LogP contribution in [0.25, 0.3) is 0 Å². The second kappa shape index (κ2) is 40.3. The van der Waals surface area contributed by atoms with Gasteiger partial charge in [0.1, 0.15) is 0 Å². The summed E-state index contributed by atoms with van der Waals surface area (Å²) in [5.74, 6) is 0. The van der Waals surface area contributed by atoms with Gasteiger partial charge in [-0.25, -0.2) is 0 Å². The minimum atomic E-state index is -0.0833. The average Bonchev–Trinajstić information content (AvgIpc) is 1.81. The van der Waals surface area contributed by atoms with Gasteiger partial charge in [0, 0.05) is 0 Å². The molecule has 0 aliphatic carbocycles. The van der Waals surface area contributed by atoms with Crippen molar-refractivity contribution in [2.75, 3.05) is 0 Å². The molecule has 0 aromatic heterocycles. The van der Waals surface area contributed by atoms with Crippen LogP contribution in [-0.4, -0.2) is 0 Å². The van der Waals surface area contributed by atoms with Gasteiger partial charge in [0.15, 0.2) is 0 Å². The Labute approximate surface area is 113 Å². The van der Waals surface area contributed by atoms with E-state index < -0.39 is 0 Å². The SMILES string of the molecule is [O]=[Ce].[O]=[La].[O]=[Pr]. The van der Waals surface area contributed by atoms with Crippen molar-refractivity contribution in [1.82, 2.24) is 0 Å². The first-order chi connectivity index (χ1) is 3.00. The minimum absolute atomic E-state index is 0.0556. The predicted octanol–water partition coefficient (Wildman–Crippen LogP) is -0.356. The Morgan fingerprint density at radius 1 is 1.17 bits per heavy atom. The van der Waals surface area contributed by atoms with E-state index in [0.29, 0.717) is 0 Å². The van der Waals surface area contributed by atoms with Gasteiger partial charge in [0.25, 0.3) is 0 Å². The fourth-order valence-electron chi connectivity index (χ4n) is 0. The molecule has 0 rings (SSSR count). The van der Waals surface area contributed by atoms with E-state index in [1.165, 1.54) is 0 Å². The van der Waals surface area contributed by atoms with E-state index in [4.69, 9.17) is 3.63 Å². The normalized spacial score (nSPS) is 2.50. The Morgan fingerprint density at radius 2 is 1.17 bits per heavy atom. The van der Waals surface area contributed by atoms with Crippen LogP contribution >= 0.6 is 0 Å². The molecular formula is CeLaO3Pr. The summed E-state index contributed by atoms with van der Waals surface area (Å²) in [5, 5.41) is 0. The van der Waals surface area contributed by atoms with Gasteiger partial charge in [-0.05, 0) is 0 Å². The third-order valence-electron chi connectivity index (χ3n) is 0. The molecule has 0 spiro atoms. The second-order valence-electron chi connectivity index (χ2n) is 0. The monoisotopic (exact) mass is 468 g/mol. The van der Waals surface area contributed by atoms with E-state index in [1.54, 1.807) is 0 Å². The fourth-order valence-corrected chi connectivity index (χ4v) is 0. The Hall–Kier alpha value is 3.34. The quantitative estimate of drug-likeness (QED) is 0.489. The molecule has 0 saturated heterocycles. The molecule has 0 radical (unpaired) electrons. The van der Waals surface area contributed by atoms with Crippen molar-refractivity contribution >= 4 is 0 Å². The standard InChI is InChI=1S/Ce.La.3O.Pr. The average molecular weight is 468 g/mol. The zero-order chi connectivity index (χ0) is 6.00. The Kier molecular flexibility index (Phi) is 109. The van der Waals surface area contributed by atoms with E-state index in [1.807, 2.05) is 0 Å². The molecule has 0 saturated carbocycles. The van der Waals surface area contributed by atoms with Crippen LogP contribution in [-0.2, 0) is 3.63 Å². The van der Waals surface area contributed by atoms with Crippen LogP contribution in [0.4, 0.5) is 0 Å². The molecule has 0 aliphatic rings. The summed E-state index contributed by atoms with van der Waals surface area (Å²) >= 11 is -0.111. The molecule has 6 heavy (non-hydrogen) atoms. The summed E-state index contributed by atoms with van der Waals surface area (Å²) in [6.07, 6.45) is 0. The van der Waals surface area contributed by atoms with Gasteiger partial charge in [0.05, 0.1) is 0 Å². The molecule has 0 heterocycles. The zero-order valence-corrected chi connectivity index (χ0v) is 13.3. The molecule has 0 amide bonds. The van der Waals surface area contributed by atoms with Crippen LogP contribution in [0, 0.1) is 113 Å². The summed E-state index contributed by atoms with van der Waals surface area (Å²) in [6, 6.07) is 0. The molecule has 0 fully saturated rings. The Balaban J connectivity index is -0.0000000225. The first-order valence-corrected chi connectivity index (χ1v) is 4.95. The van der Waals surface area contributed by atoms with Gasteiger partial charge in [-0.3, -0.25) is 0 Å². The van der Waals surface area contributed by atoms with Crippen LogP contribution in [0.3, 0.4) is 0 Å². The van der Waals surface area contributed by atoms with Crippen LogP contribution in [0.1, 0.15) is 0 Å². The number of rotatable bonds is 0. The topological polar surface area (TPSA) is 51.2 Å². The molecule has 0 atom stereocenters. The number of hydrogen-bond acceptors (Lipinski definition) is 3. The van der Waals surface area contributed by atoms with Crippen molar-refractivity contribution in [3.05, 3.63) is 0 Å². The zero-order valence-electron chi connectivity index (χ0n) is 2.88. The van der Waals surface area contributed by atoms with Crippen molar-refractivity contribution in [1.29, 1.82) is 0 Å². The summed E-state index contributed by atoms with van der Waals surface area (Å²) in [6.45, 7) is 0. The maximum atomic E-state index is 8.42. The van der Waals surface area contributed by atoms with Gasteiger partial charge in [0.2, 0.25) is 0 Å². The van der Waals surface area contributed by atoms with Gasteiger partial charge in [-0.1, -0.05) is 0 Å². The molecule has 0 N–H and O–H groups in total. The fraction of sp³-hybridized carbons (Fsp3) is 0. The van der Waals surface area contributed by atoms with Gasteiger partial charge >= 0.3 is 117 Å². The molecule has 6 heteroatoms. The predicted molar refractivity (Wildman–Crippen MR) is 2.06 cm³/mol. The van der Waals surface area contributed by atoms with Crippen LogP contribution in [0.5, 0.6) is 0 Å². The van der Waals surface area contributed by atoms with Crippen molar-refractivity contribution in [3.63, 3.8) is 0 Å². The van der Waals surface area contributed by atoms with Crippen LogP contribution < -0.4 is 0 Å². The van der Waals surface area contributed by atoms with Crippen molar-refractivity contribution in [3.8, 4) is 0 Å². The molecule has 0 aromatic rings. The molecule has 0 bridgehead atoms. The summed E-state index contributed by atoms with van der Waals surface area (Å²) < 4.78 is 25.2. The molecule has 0 unspecified atom stereocenters. The third-order valence-corrected chi connectivity index (χ3v) is 0. The van der Waals surface area contributed by atoms with Gasteiger partial charge in [-0.2, -0.15) is 0 Å². The van der Waals surface area contributed by atoms with Crippen molar-refractivity contribution < 1.29 is 117 Å². The molecular weight excluding hydrogens is 468 g/mol. The first kappa shape index (κ1) is 16.2. The first-order valence-electron chi connectivity index (χ1n) is 0.676. The second-order valence-corrected chi connectivity index (χ2v) is 0. The van der Waals surface area contributed by atoms with E-state index in [2.05, 4.69) is 0 Å². The summed E-state index contributed by atoms with van der Waals surface area (Å²) in [5.41, 5.74) is 0. The third kappa shape index (κ3) is 26.5. The van der Waals surface area contributed by atoms with Crippen LogP contribution in [0.15, 0.2) is 0 Å². The summed E-state index contributed by atoms with van der Waals surface area (Å²) in [7, 11) is 0. The van der Waals surface area contributed by atoms with Crippen LogP contribution in [0.2, 0.25) is 0 Å². The number of hydrogen-bond donors (Lipinski definition) is 0. The molecule has 3 nitrogen and oxygen atoms in total. The van der Waals surface area contributed by atoms with E-state index in [0.717, 1.165) is 0 Å². The van der Waals surface area contributed by atoms with Crippen molar-refractivity contribution in [2.45, 2.75) is 0 Å². The van der Waals surface area contributed by atoms with Gasteiger partial charge in [-0.15, -0.1) is 0 Å². The molecule has 0 aliphatic heterocycles. The van der Waals surface area contributed by atoms with Crippen molar-refractivity contribution in [2.24, 2.45) is 0 Å². The van der Waals surface area contributed by atoms with E-state index in [-0.39, 0.29) is 113 Å². The molecule has 0 aromatic carbocycles. The Bertz CT molecular complexity index is 15.5. The van der Waals surface area contributed by atoms with E-state index >= 15 is 0 Å². The Morgan fingerprint density at radius 3 is 1.17 bits per heavy atom. The maximum absolute atomic E-state index is 8.42. The molecule has 28 valence electrons. The van der Waals surface area contributed by atoms with E-state index in [9.17, 15) is 0 Å². The van der Waals surface area contributed by atoms with Gasteiger partial charge < -0.3 is 0 Å². The summed E-state index contributed by atoms with van der Waals surface area (Å²) in [4.78, 5) is 0.